The highest BCUT2D eigenvalue weighted by atomic mass is 19.4. The number of aryl methyl sites for hydroxylation is 1. The molecule has 0 radical (unpaired) electrons. The van der Waals surface area contributed by atoms with E-state index in [1.54, 1.807) is 0 Å². The van der Waals surface area contributed by atoms with Gasteiger partial charge in [0.25, 0.3) is 5.69 Å². The zero-order valence-electron chi connectivity index (χ0n) is 10.8. The van der Waals surface area contributed by atoms with Crippen LogP contribution in [-0.4, -0.2) is 4.92 Å². The summed E-state index contributed by atoms with van der Waals surface area (Å²) in [6.45, 7) is 1.50. The Kier molecular flexibility index (Phi) is 3.84. The van der Waals surface area contributed by atoms with Crippen molar-refractivity contribution in [1.29, 1.82) is 0 Å². The van der Waals surface area contributed by atoms with E-state index in [9.17, 15) is 23.3 Å². The van der Waals surface area contributed by atoms with Crippen molar-refractivity contribution in [2.75, 3.05) is 0 Å². The molecule has 110 valence electrons. The first-order chi connectivity index (χ1) is 9.77. The molecule has 4 nitrogen and oxygen atoms in total. The molecule has 2 aromatic rings. The third-order valence-electron chi connectivity index (χ3n) is 2.78. The summed E-state index contributed by atoms with van der Waals surface area (Å²) in [4.78, 5) is 9.97. The van der Waals surface area contributed by atoms with Crippen molar-refractivity contribution in [1.82, 2.24) is 0 Å². The molecule has 2 rings (SSSR count). The molecule has 0 aliphatic rings. The predicted molar refractivity (Wildman–Crippen MR) is 69.4 cm³/mol. The maximum atomic E-state index is 12.5. The lowest BCUT2D eigenvalue weighted by atomic mass is 10.1. The van der Waals surface area contributed by atoms with E-state index in [0.717, 1.165) is 12.1 Å². The summed E-state index contributed by atoms with van der Waals surface area (Å²) >= 11 is 0. The van der Waals surface area contributed by atoms with Gasteiger partial charge in [-0.3, -0.25) is 10.1 Å². The van der Waals surface area contributed by atoms with Gasteiger partial charge in [0.1, 0.15) is 11.5 Å². The molecule has 0 bridgehead atoms. The minimum absolute atomic E-state index is 0.0912. The molecular weight excluding hydrogens is 287 g/mol. The second-order valence-electron chi connectivity index (χ2n) is 4.33. The number of hydrogen-bond acceptors (Lipinski definition) is 3. The average molecular weight is 297 g/mol. The van der Waals surface area contributed by atoms with Gasteiger partial charge in [-0.05, 0) is 42.8 Å². The van der Waals surface area contributed by atoms with Crippen molar-refractivity contribution in [2.45, 2.75) is 13.1 Å². The van der Waals surface area contributed by atoms with Crippen LogP contribution in [0.5, 0.6) is 11.5 Å². The van der Waals surface area contributed by atoms with E-state index in [4.69, 9.17) is 4.74 Å². The number of nitro groups is 1. The van der Waals surface area contributed by atoms with Crippen LogP contribution in [0.4, 0.5) is 18.9 Å². The summed E-state index contributed by atoms with van der Waals surface area (Å²) in [7, 11) is 0. The molecule has 0 unspecified atom stereocenters. The van der Waals surface area contributed by atoms with Gasteiger partial charge in [0.05, 0.1) is 10.5 Å². The predicted octanol–water partition coefficient (Wildman–Crippen LogP) is 4.71. The molecule has 0 spiro atoms. The lowest BCUT2D eigenvalue weighted by Gasteiger charge is -2.12. The van der Waals surface area contributed by atoms with Crippen LogP contribution >= 0.6 is 0 Å². The smallest absolute Gasteiger partial charge is 0.416 e. The van der Waals surface area contributed by atoms with Crippen molar-refractivity contribution in [2.24, 2.45) is 0 Å². The second-order valence-corrected chi connectivity index (χ2v) is 4.33. The van der Waals surface area contributed by atoms with E-state index in [1.165, 1.54) is 37.3 Å². The topological polar surface area (TPSA) is 52.4 Å². The molecule has 0 N–H and O–H groups in total. The quantitative estimate of drug-likeness (QED) is 0.608. The lowest BCUT2D eigenvalue weighted by Crippen LogP contribution is -2.05. The minimum atomic E-state index is -4.41. The summed E-state index contributed by atoms with van der Waals surface area (Å²) < 4.78 is 43.0. The van der Waals surface area contributed by atoms with Crippen LogP contribution in [0.15, 0.2) is 42.5 Å². The maximum absolute atomic E-state index is 12.5. The van der Waals surface area contributed by atoms with Crippen LogP contribution in [-0.2, 0) is 6.18 Å². The van der Waals surface area contributed by atoms with Gasteiger partial charge < -0.3 is 4.74 Å². The Hall–Kier alpha value is -2.57. The first kappa shape index (κ1) is 14.8. The third kappa shape index (κ3) is 3.50. The molecule has 0 atom stereocenters. The summed E-state index contributed by atoms with van der Waals surface area (Å²) in [5, 5.41) is 10.5. The first-order valence-electron chi connectivity index (χ1n) is 5.87. The summed E-state index contributed by atoms with van der Waals surface area (Å²) in [6, 6.07) is 8.42. The first-order valence-corrected chi connectivity index (χ1v) is 5.87. The fraction of sp³-hybridized carbons (Fsp3) is 0.143. The van der Waals surface area contributed by atoms with Gasteiger partial charge in [-0.25, -0.2) is 0 Å². The molecule has 0 aliphatic heterocycles. The van der Waals surface area contributed by atoms with Gasteiger partial charge >= 0.3 is 6.18 Å². The van der Waals surface area contributed by atoms with Crippen molar-refractivity contribution < 1.29 is 22.8 Å². The molecule has 0 saturated heterocycles. The molecule has 0 heterocycles. The molecule has 21 heavy (non-hydrogen) atoms. The molecular formula is C14H10F3NO3. The Labute approximate surface area is 117 Å². The van der Waals surface area contributed by atoms with E-state index < -0.39 is 16.7 Å². The van der Waals surface area contributed by atoms with Crippen LogP contribution in [0.1, 0.15) is 11.1 Å². The van der Waals surface area contributed by atoms with Crippen molar-refractivity contribution in [3.63, 3.8) is 0 Å². The fourth-order valence-electron chi connectivity index (χ4n) is 1.70. The zero-order valence-corrected chi connectivity index (χ0v) is 10.8. The normalized spacial score (nSPS) is 11.2. The monoisotopic (exact) mass is 297 g/mol. The van der Waals surface area contributed by atoms with Gasteiger partial charge in [0.2, 0.25) is 0 Å². The number of rotatable bonds is 3. The highest BCUT2D eigenvalue weighted by Crippen LogP contribution is 2.33. The number of alkyl halides is 3. The maximum Gasteiger partial charge on any atom is 0.416 e. The van der Waals surface area contributed by atoms with E-state index in [-0.39, 0.29) is 11.4 Å². The standard InChI is InChI=1S/C14H10F3NO3/c1-9-8-10(14(15,16)17)2-7-13(9)21-12-5-3-11(4-6-12)18(19)20/h2-8H,1H3. The SMILES string of the molecule is Cc1cc(C(F)(F)F)ccc1Oc1ccc([N+](=O)[O-])cc1. The summed E-state index contributed by atoms with van der Waals surface area (Å²) in [5.41, 5.74) is -0.522. The van der Waals surface area contributed by atoms with Crippen LogP contribution < -0.4 is 4.74 Å². The zero-order chi connectivity index (χ0) is 15.6. The Morgan fingerprint density at radius 1 is 1.10 bits per heavy atom. The largest absolute Gasteiger partial charge is 0.457 e. The van der Waals surface area contributed by atoms with E-state index in [1.807, 2.05) is 0 Å². The Morgan fingerprint density at radius 3 is 2.19 bits per heavy atom. The van der Waals surface area contributed by atoms with Gasteiger partial charge in [0.15, 0.2) is 0 Å². The third-order valence-corrected chi connectivity index (χ3v) is 2.78. The van der Waals surface area contributed by atoms with E-state index in [2.05, 4.69) is 0 Å². The highest BCUT2D eigenvalue weighted by molar-refractivity contribution is 5.42. The number of hydrogen-bond donors (Lipinski definition) is 0. The fourth-order valence-corrected chi connectivity index (χ4v) is 1.70. The van der Waals surface area contributed by atoms with E-state index >= 15 is 0 Å². The van der Waals surface area contributed by atoms with Crippen LogP contribution in [0.2, 0.25) is 0 Å². The summed E-state index contributed by atoms with van der Waals surface area (Å²) in [5.74, 6) is 0.570. The molecule has 2 aromatic carbocycles. The minimum Gasteiger partial charge on any atom is -0.457 e. The van der Waals surface area contributed by atoms with Gasteiger partial charge in [0, 0.05) is 12.1 Å². The Balaban J connectivity index is 2.22. The number of non-ortho nitro benzene ring substituents is 1. The second kappa shape index (κ2) is 5.43. The molecule has 0 aliphatic carbocycles. The molecule has 7 heteroatoms. The molecule has 0 amide bonds. The Bertz CT molecular complexity index is 666. The molecule has 0 fully saturated rings. The van der Waals surface area contributed by atoms with Crippen LogP contribution in [0.3, 0.4) is 0 Å². The number of benzene rings is 2. The van der Waals surface area contributed by atoms with Gasteiger partial charge in [-0.15, -0.1) is 0 Å². The number of ether oxygens (including phenoxy) is 1. The number of nitrogens with zero attached hydrogens (tertiary/aromatic N) is 1. The van der Waals surface area contributed by atoms with Crippen LogP contribution in [0.25, 0.3) is 0 Å². The lowest BCUT2D eigenvalue weighted by molar-refractivity contribution is -0.384. The molecule has 0 saturated carbocycles. The van der Waals surface area contributed by atoms with Crippen molar-refractivity contribution in [3.8, 4) is 11.5 Å². The van der Waals surface area contributed by atoms with Gasteiger partial charge in [-0.1, -0.05) is 0 Å². The van der Waals surface area contributed by atoms with Gasteiger partial charge in [-0.2, -0.15) is 13.2 Å². The van der Waals surface area contributed by atoms with E-state index in [0.29, 0.717) is 11.3 Å². The van der Waals surface area contributed by atoms with Crippen LogP contribution in [0, 0.1) is 17.0 Å². The number of nitro benzene ring substituents is 1. The van der Waals surface area contributed by atoms with Crippen molar-refractivity contribution >= 4 is 5.69 Å². The highest BCUT2D eigenvalue weighted by Gasteiger charge is 2.30. The van der Waals surface area contributed by atoms with Crippen molar-refractivity contribution in [3.05, 3.63) is 63.7 Å². The summed E-state index contributed by atoms with van der Waals surface area (Å²) in [6.07, 6.45) is -4.41. The molecule has 0 aromatic heterocycles. The average Bonchev–Trinajstić information content (AvgIpc) is 2.40. The number of halogens is 3. The Morgan fingerprint density at radius 2 is 1.71 bits per heavy atom.